The van der Waals surface area contributed by atoms with Gasteiger partial charge in [-0.05, 0) is 92.3 Å². The van der Waals surface area contributed by atoms with E-state index in [2.05, 4.69) is 34.6 Å². The van der Waals surface area contributed by atoms with Crippen LogP contribution in [0.25, 0.3) is 0 Å². The lowest BCUT2D eigenvalue weighted by atomic mass is 9.44. The third kappa shape index (κ3) is 3.34. The number of ether oxygens (including phenoxy) is 2. The summed E-state index contributed by atoms with van der Waals surface area (Å²) < 4.78 is 12.2. The molecule has 0 N–H and O–H groups in total. The van der Waals surface area contributed by atoms with Gasteiger partial charge in [0.2, 0.25) is 0 Å². The third-order valence-corrected chi connectivity index (χ3v) is 11.6. The van der Waals surface area contributed by atoms with Crippen molar-refractivity contribution < 1.29 is 14.3 Å². The van der Waals surface area contributed by atoms with Crippen molar-refractivity contribution in [2.45, 2.75) is 130 Å². The van der Waals surface area contributed by atoms with Crippen molar-refractivity contribution >= 4 is 5.97 Å². The summed E-state index contributed by atoms with van der Waals surface area (Å²) in [5, 5.41) is 0. The zero-order chi connectivity index (χ0) is 22.9. The number of carbonyl (C=O) groups excluding carboxylic acids is 1. The summed E-state index contributed by atoms with van der Waals surface area (Å²) in [4.78, 5) is 11.6. The van der Waals surface area contributed by atoms with E-state index in [0.717, 1.165) is 41.9 Å². The molecule has 5 fully saturated rings. The molecule has 0 bridgehead atoms. The highest BCUT2D eigenvalue weighted by Gasteiger charge is 2.76. The van der Waals surface area contributed by atoms with Crippen molar-refractivity contribution in [1.82, 2.24) is 0 Å². The topological polar surface area (TPSA) is 38.8 Å². The molecule has 1 heterocycles. The summed E-state index contributed by atoms with van der Waals surface area (Å²) in [5.74, 6) is 5.08. The second-order valence-electron chi connectivity index (χ2n) is 13.5. The van der Waals surface area contributed by atoms with Gasteiger partial charge in [-0.15, -0.1) is 0 Å². The first kappa shape index (κ1) is 23.2. The SMILES string of the molecule is CC(=O)O[C@H]1CC[C@]2(C)[C@H]3CC[C@]4(C)[C@@H]([C@H](C)CCCC(C)C)CC[C@H]4[C@@H]3CCC23OC13. The standard InChI is InChI=1S/C29H48O3/c1-18(2)8-7-9-19(3)22-10-11-23-21-12-17-29-26(32-29)25(31-20(4)30)14-16-28(29,6)24(21)13-15-27(22,23)5/h18-19,21-26H,7-17H2,1-6H3/t19-,21+,22-,23+,24+,25+,26?,27-,28-,29?/m1/s1. The molecule has 0 aromatic heterocycles. The van der Waals surface area contributed by atoms with E-state index >= 15 is 0 Å². The summed E-state index contributed by atoms with van der Waals surface area (Å²) in [5.41, 5.74) is 0.833. The van der Waals surface area contributed by atoms with Crippen LogP contribution in [0.15, 0.2) is 0 Å². The normalized spacial score (nSPS) is 50.1. The molecule has 0 aromatic carbocycles. The van der Waals surface area contributed by atoms with Crippen LogP contribution >= 0.6 is 0 Å². The molecule has 10 atom stereocenters. The Hall–Kier alpha value is -0.570. The van der Waals surface area contributed by atoms with Gasteiger partial charge in [0, 0.05) is 12.3 Å². The maximum atomic E-state index is 11.6. The molecule has 5 aliphatic rings. The molecule has 2 unspecified atom stereocenters. The van der Waals surface area contributed by atoms with Crippen molar-refractivity contribution in [3.05, 3.63) is 0 Å². The van der Waals surface area contributed by atoms with Crippen molar-refractivity contribution in [3.8, 4) is 0 Å². The quantitative estimate of drug-likeness (QED) is 0.322. The number of hydrogen-bond acceptors (Lipinski definition) is 3. The molecule has 182 valence electrons. The molecule has 3 heteroatoms. The Kier molecular flexibility index (Phi) is 5.79. The highest BCUT2D eigenvalue weighted by Crippen LogP contribution is 2.73. The zero-order valence-corrected chi connectivity index (χ0v) is 21.6. The first-order valence-electron chi connectivity index (χ1n) is 14.0. The van der Waals surface area contributed by atoms with E-state index in [9.17, 15) is 4.79 Å². The fraction of sp³-hybridized carbons (Fsp3) is 0.966. The molecule has 4 saturated carbocycles. The van der Waals surface area contributed by atoms with Crippen LogP contribution in [-0.2, 0) is 14.3 Å². The predicted octanol–water partition coefficient (Wildman–Crippen LogP) is 7.17. The van der Waals surface area contributed by atoms with Crippen molar-refractivity contribution in [1.29, 1.82) is 0 Å². The minimum atomic E-state index is -0.147. The van der Waals surface area contributed by atoms with Gasteiger partial charge >= 0.3 is 5.97 Å². The molecule has 4 aliphatic carbocycles. The maximum Gasteiger partial charge on any atom is 0.302 e. The average Bonchev–Trinajstić information content (AvgIpc) is 3.36. The van der Waals surface area contributed by atoms with Gasteiger partial charge in [-0.1, -0.05) is 53.9 Å². The molecular weight excluding hydrogens is 396 g/mol. The van der Waals surface area contributed by atoms with Gasteiger partial charge in [0.25, 0.3) is 0 Å². The monoisotopic (exact) mass is 444 g/mol. The highest BCUT2D eigenvalue weighted by atomic mass is 16.6. The van der Waals surface area contributed by atoms with Crippen LogP contribution in [0.3, 0.4) is 0 Å². The maximum absolute atomic E-state index is 11.6. The van der Waals surface area contributed by atoms with Crippen molar-refractivity contribution in [2.24, 2.45) is 46.3 Å². The highest BCUT2D eigenvalue weighted by molar-refractivity contribution is 5.66. The lowest BCUT2D eigenvalue weighted by Gasteiger charge is -2.60. The zero-order valence-electron chi connectivity index (χ0n) is 21.6. The minimum Gasteiger partial charge on any atom is -0.460 e. The Bertz CT molecular complexity index is 732. The van der Waals surface area contributed by atoms with Crippen LogP contribution in [0, 0.1) is 46.3 Å². The largest absolute Gasteiger partial charge is 0.460 e. The number of hydrogen-bond donors (Lipinski definition) is 0. The van der Waals surface area contributed by atoms with Crippen molar-refractivity contribution in [2.75, 3.05) is 0 Å². The van der Waals surface area contributed by atoms with Gasteiger partial charge < -0.3 is 9.47 Å². The summed E-state index contributed by atoms with van der Waals surface area (Å²) in [6, 6.07) is 0. The Balaban J connectivity index is 1.30. The smallest absolute Gasteiger partial charge is 0.302 e. The van der Waals surface area contributed by atoms with Crippen LogP contribution in [0.2, 0.25) is 0 Å². The van der Waals surface area contributed by atoms with E-state index in [-0.39, 0.29) is 29.2 Å². The number of esters is 1. The molecule has 32 heavy (non-hydrogen) atoms. The molecule has 1 aliphatic heterocycles. The first-order chi connectivity index (χ1) is 15.1. The first-order valence-corrected chi connectivity index (χ1v) is 14.0. The van der Waals surface area contributed by atoms with Gasteiger partial charge in [0.1, 0.15) is 17.8 Å². The van der Waals surface area contributed by atoms with Crippen LogP contribution < -0.4 is 0 Å². The van der Waals surface area contributed by atoms with E-state index in [1.807, 2.05) is 0 Å². The molecule has 0 radical (unpaired) electrons. The summed E-state index contributed by atoms with van der Waals surface area (Å²) in [7, 11) is 0. The van der Waals surface area contributed by atoms with Crippen LogP contribution in [0.4, 0.5) is 0 Å². The van der Waals surface area contributed by atoms with E-state index in [0.29, 0.717) is 5.41 Å². The van der Waals surface area contributed by atoms with Crippen LogP contribution in [0.1, 0.15) is 112 Å². The Morgan fingerprint density at radius 3 is 2.47 bits per heavy atom. The second-order valence-corrected chi connectivity index (χ2v) is 13.5. The molecule has 0 amide bonds. The second kappa shape index (κ2) is 7.99. The molecule has 0 aromatic rings. The summed E-state index contributed by atoms with van der Waals surface area (Å²) in [6.45, 7) is 14.1. The van der Waals surface area contributed by atoms with Gasteiger partial charge in [-0.2, -0.15) is 0 Å². The summed E-state index contributed by atoms with van der Waals surface area (Å²) >= 11 is 0. The molecule has 5 rings (SSSR count). The molecule has 1 spiro atoms. The fourth-order valence-electron chi connectivity index (χ4n) is 10.0. The van der Waals surface area contributed by atoms with Gasteiger partial charge in [0.15, 0.2) is 0 Å². The molecule has 1 saturated heterocycles. The van der Waals surface area contributed by atoms with E-state index in [1.54, 1.807) is 6.92 Å². The van der Waals surface area contributed by atoms with Gasteiger partial charge in [-0.3, -0.25) is 4.79 Å². The average molecular weight is 445 g/mol. The fourth-order valence-corrected chi connectivity index (χ4v) is 10.0. The molecular formula is C29H48O3. The third-order valence-electron chi connectivity index (χ3n) is 11.6. The van der Waals surface area contributed by atoms with Gasteiger partial charge in [-0.25, -0.2) is 0 Å². The van der Waals surface area contributed by atoms with Crippen molar-refractivity contribution in [3.63, 3.8) is 0 Å². The number of fused-ring (bicyclic) bond motifs is 4. The lowest BCUT2D eigenvalue weighted by molar-refractivity contribution is -0.152. The Morgan fingerprint density at radius 2 is 1.75 bits per heavy atom. The number of rotatable bonds is 6. The Labute approximate surface area is 196 Å². The number of carbonyl (C=O) groups is 1. The minimum absolute atomic E-state index is 0.00240. The van der Waals surface area contributed by atoms with Gasteiger partial charge in [0.05, 0.1) is 0 Å². The van der Waals surface area contributed by atoms with E-state index < -0.39 is 0 Å². The lowest BCUT2D eigenvalue weighted by Crippen LogP contribution is -2.59. The van der Waals surface area contributed by atoms with Crippen LogP contribution in [-0.4, -0.2) is 23.8 Å². The Morgan fingerprint density at radius 1 is 0.969 bits per heavy atom. The molecule has 3 nitrogen and oxygen atoms in total. The van der Waals surface area contributed by atoms with Crippen LogP contribution in [0.5, 0.6) is 0 Å². The van der Waals surface area contributed by atoms with E-state index in [4.69, 9.17) is 9.47 Å². The predicted molar refractivity (Wildman–Crippen MR) is 128 cm³/mol. The van der Waals surface area contributed by atoms with E-state index in [1.165, 1.54) is 64.2 Å². The summed E-state index contributed by atoms with van der Waals surface area (Å²) in [6.07, 6.45) is 14.8. The number of epoxide rings is 1.